The van der Waals surface area contributed by atoms with E-state index in [2.05, 4.69) is 59.7 Å². The standard InChI is InChI=1S/C38H52Cl2N8O.C2HF3O2/c1-6-45-15-19-47(20-16-45)37-43-34-24-29(9-10-30(34)35(49)48(37)12-11-26-7-8-28(39)23-32(26)40)41-36(46-17-13-44(5)14-18-46)42-33-22-27-21-31(25(33)2)38(27,3)4;3-2(4,5)1(6)7/h7-10,23-25,27,31,33H,6,11-22H2,1-5H3,(H,41,42);(H,6,7)/t25-,27-,31+,33-;/m0./s1. The van der Waals surface area contributed by atoms with Gasteiger partial charge in [-0.05, 0) is 91.9 Å². The average Bonchev–Trinajstić information content (AvgIpc) is 3.15. The van der Waals surface area contributed by atoms with Gasteiger partial charge in [-0.2, -0.15) is 13.2 Å². The predicted octanol–water partition coefficient (Wildman–Crippen LogP) is 6.81. The molecule has 3 aliphatic carbocycles. The minimum atomic E-state index is -5.08. The molecular formula is C40H53Cl2F3N8O3. The molecule has 2 N–H and O–H groups in total. The second kappa shape index (κ2) is 17.1. The Morgan fingerprint density at radius 1 is 1.02 bits per heavy atom. The molecule has 3 saturated carbocycles. The highest BCUT2D eigenvalue weighted by Gasteiger charge is 2.56. The quantitative estimate of drug-likeness (QED) is 0.197. The van der Waals surface area contributed by atoms with Crippen molar-refractivity contribution in [1.82, 2.24) is 24.3 Å². The second-order valence-electron chi connectivity index (χ2n) is 16.2. The number of carboxylic acids is 1. The zero-order valence-electron chi connectivity index (χ0n) is 32.7. The Bertz CT molecular complexity index is 1980. The molecule has 0 radical (unpaired) electrons. The lowest BCUT2D eigenvalue weighted by molar-refractivity contribution is -0.192. The maximum atomic E-state index is 14.2. The maximum absolute atomic E-state index is 14.2. The molecule has 1 aromatic heterocycles. The molecule has 2 bridgehead atoms. The molecule has 2 aliphatic heterocycles. The summed E-state index contributed by atoms with van der Waals surface area (Å²) in [5, 5.41) is 12.7. The third-order valence-corrected chi connectivity index (χ3v) is 13.1. The van der Waals surface area contributed by atoms with E-state index in [4.69, 9.17) is 43.1 Å². The second-order valence-corrected chi connectivity index (χ2v) is 17.0. The number of aryl methyl sites for hydroxylation is 1. The van der Waals surface area contributed by atoms with E-state index >= 15 is 0 Å². The van der Waals surface area contributed by atoms with Crippen molar-refractivity contribution in [1.29, 1.82) is 0 Å². The lowest BCUT2D eigenvalue weighted by Crippen LogP contribution is -2.57. The molecule has 8 rings (SSSR count). The Morgan fingerprint density at radius 2 is 1.70 bits per heavy atom. The van der Waals surface area contributed by atoms with Crippen LogP contribution in [0, 0.1) is 23.2 Å². The number of aliphatic carboxylic acids is 1. The number of benzene rings is 2. The van der Waals surface area contributed by atoms with Crippen LogP contribution < -0.4 is 15.8 Å². The molecule has 0 amide bonds. The van der Waals surface area contributed by atoms with Gasteiger partial charge in [-0.25, -0.2) is 14.8 Å². The van der Waals surface area contributed by atoms with Crippen LogP contribution in [0.5, 0.6) is 0 Å². The Kier molecular flexibility index (Phi) is 12.8. The minimum Gasteiger partial charge on any atom is -0.475 e. The fraction of sp³-hybridized carbons (Fsp3) is 0.600. The first-order chi connectivity index (χ1) is 26.5. The number of halogens is 5. The summed E-state index contributed by atoms with van der Waals surface area (Å²) < 4.78 is 33.6. The van der Waals surface area contributed by atoms with Crippen molar-refractivity contribution in [3.63, 3.8) is 0 Å². The molecule has 306 valence electrons. The maximum Gasteiger partial charge on any atom is 0.490 e. The van der Waals surface area contributed by atoms with Gasteiger partial charge in [0.1, 0.15) is 0 Å². The minimum absolute atomic E-state index is 0.0274. The molecule has 5 fully saturated rings. The molecule has 5 aliphatic rings. The zero-order valence-corrected chi connectivity index (χ0v) is 34.3. The number of hydrogen-bond donors (Lipinski definition) is 2. The Morgan fingerprint density at radius 3 is 2.29 bits per heavy atom. The van der Waals surface area contributed by atoms with Crippen molar-refractivity contribution in [3.8, 4) is 0 Å². The molecule has 56 heavy (non-hydrogen) atoms. The van der Waals surface area contributed by atoms with Gasteiger partial charge in [0.15, 0.2) is 5.96 Å². The summed E-state index contributed by atoms with van der Waals surface area (Å²) in [6.45, 7) is 18.4. The van der Waals surface area contributed by atoms with Crippen LogP contribution in [0.4, 0.5) is 24.8 Å². The number of piperazine rings is 2. The van der Waals surface area contributed by atoms with Crippen molar-refractivity contribution in [2.75, 3.05) is 76.2 Å². The first-order valence-electron chi connectivity index (χ1n) is 19.5. The van der Waals surface area contributed by atoms with E-state index < -0.39 is 12.1 Å². The van der Waals surface area contributed by atoms with Gasteiger partial charge in [0.25, 0.3) is 5.56 Å². The monoisotopic (exact) mass is 820 g/mol. The van der Waals surface area contributed by atoms with Crippen molar-refractivity contribution in [2.45, 2.75) is 65.7 Å². The third-order valence-electron chi connectivity index (χ3n) is 12.6. The highest BCUT2D eigenvalue weighted by molar-refractivity contribution is 6.35. The molecule has 0 spiro atoms. The number of alkyl halides is 3. The Hall–Kier alpha value is -3.59. The van der Waals surface area contributed by atoms with Crippen LogP contribution in [0.1, 0.15) is 46.1 Å². The predicted molar refractivity (Wildman–Crippen MR) is 217 cm³/mol. The van der Waals surface area contributed by atoms with Gasteiger partial charge < -0.3 is 30.0 Å². The normalized spacial score (nSPS) is 24.4. The molecule has 2 saturated heterocycles. The molecule has 16 heteroatoms. The molecule has 4 atom stereocenters. The number of carbonyl (C=O) groups is 1. The zero-order chi connectivity index (χ0) is 40.5. The summed E-state index contributed by atoms with van der Waals surface area (Å²) >= 11 is 12.7. The van der Waals surface area contributed by atoms with Crippen molar-refractivity contribution < 1.29 is 23.1 Å². The largest absolute Gasteiger partial charge is 0.490 e. The molecule has 3 aromatic rings. The van der Waals surface area contributed by atoms with Crippen molar-refractivity contribution >= 4 is 57.7 Å². The van der Waals surface area contributed by atoms with Crippen LogP contribution in [0.2, 0.25) is 10.0 Å². The van der Waals surface area contributed by atoms with Gasteiger partial charge in [-0.15, -0.1) is 0 Å². The smallest absolute Gasteiger partial charge is 0.475 e. The van der Waals surface area contributed by atoms with Crippen LogP contribution in [0.25, 0.3) is 10.9 Å². The van der Waals surface area contributed by atoms with E-state index in [1.54, 1.807) is 6.07 Å². The molecule has 11 nitrogen and oxygen atoms in total. The van der Waals surface area contributed by atoms with Gasteiger partial charge in [0.2, 0.25) is 5.95 Å². The van der Waals surface area contributed by atoms with Crippen LogP contribution in [0.3, 0.4) is 0 Å². The number of guanidine groups is 1. The van der Waals surface area contributed by atoms with Crippen molar-refractivity contribution in [2.24, 2.45) is 28.2 Å². The van der Waals surface area contributed by atoms with Crippen LogP contribution in [-0.4, -0.2) is 119 Å². The molecular weight excluding hydrogens is 768 g/mol. The lowest BCUT2D eigenvalue weighted by Gasteiger charge is -2.61. The average molecular weight is 822 g/mol. The summed E-state index contributed by atoms with van der Waals surface area (Å²) in [5.74, 6) is 0.950. The Labute approximate surface area is 336 Å². The summed E-state index contributed by atoms with van der Waals surface area (Å²) in [4.78, 5) is 43.3. The number of likely N-dealkylation sites (N-methyl/N-ethyl adjacent to an activating group) is 2. The highest BCUT2D eigenvalue weighted by atomic mass is 35.5. The van der Waals surface area contributed by atoms with Crippen molar-refractivity contribution in [3.05, 3.63) is 62.4 Å². The molecule has 3 heterocycles. The number of hydrogen-bond acceptors (Lipinski definition) is 7. The molecule has 0 unspecified atom stereocenters. The first kappa shape index (κ1) is 42.0. The van der Waals surface area contributed by atoms with E-state index in [1.165, 1.54) is 6.42 Å². The van der Waals surface area contributed by atoms with E-state index in [1.807, 2.05) is 34.9 Å². The number of nitrogens with one attached hydrogen (secondary N) is 1. The molecule has 2 aromatic carbocycles. The lowest BCUT2D eigenvalue weighted by atomic mass is 9.45. The SMILES string of the molecule is CCN1CCN(c2nc3cc(NC(=N[C@H]4C[C@@H]5C[C@H]([C@@H]4C)C5(C)C)N4CCN(C)CC4)ccc3c(=O)n2CCc2ccc(Cl)cc2Cl)CC1.O=C(O)C(F)(F)F. The third kappa shape index (κ3) is 9.24. The van der Waals surface area contributed by atoms with E-state index in [-0.39, 0.29) is 5.56 Å². The van der Waals surface area contributed by atoms with Crippen LogP contribution in [0.15, 0.2) is 46.2 Å². The number of nitrogens with zero attached hydrogens (tertiary/aromatic N) is 7. The van der Waals surface area contributed by atoms with Crippen LogP contribution in [-0.2, 0) is 17.8 Å². The summed E-state index contributed by atoms with van der Waals surface area (Å²) in [5.41, 5.74) is 2.98. The fourth-order valence-corrected chi connectivity index (χ4v) is 9.24. The Balaban J connectivity index is 0.000000695. The summed E-state index contributed by atoms with van der Waals surface area (Å²) in [6.07, 6.45) is -1.99. The topological polar surface area (TPSA) is 110 Å². The fourth-order valence-electron chi connectivity index (χ4n) is 8.74. The number of aliphatic imine (C=N–C) groups is 1. The van der Waals surface area contributed by atoms with Gasteiger partial charge >= 0.3 is 12.1 Å². The van der Waals surface area contributed by atoms with Gasteiger partial charge in [0.05, 0.1) is 16.9 Å². The van der Waals surface area contributed by atoms with Crippen LogP contribution >= 0.6 is 23.2 Å². The van der Waals surface area contributed by atoms with Gasteiger partial charge in [0, 0.05) is 74.6 Å². The van der Waals surface area contributed by atoms with E-state index in [0.717, 1.165) is 100 Å². The number of aromatic nitrogens is 2. The summed E-state index contributed by atoms with van der Waals surface area (Å²) in [7, 11) is 2.19. The number of rotatable bonds is 7. The number of carboxylic acid groups (broad SMARTS) is 1. The van der Waals surface area contributed by atoms with E-state index in [9.17, 15) is 18.0 Å². The highest BCUT2D eigenvalue weighted by Crippen LogP contribution is 2.61. The number of fused-ring (bicyclic) bond motifs is 3. The van der Waals surface area contributed by atoms with Gasteiger partial charge in [-0.1, -0.05) is 57.0 Å². The van der Waals surface area contributed by atoms with Gasteiger partial charge in [-0.3, -0.25) is 9.36 Å². The first-order valence-corrected chi connectivity index (χ1v) is 20.3. The summed E-state index contributed by atoms with van der Waals surface area (Å²) in [6, 6.07) is 11.9. The van der Waals surface area contributed by atoms with E-state index in [0.29, 0.717) is 51.3 Å². The number of anilines is 2.